The monoisotopic (exact) mass is 200 g/mol. The van der Waals surface area contributed by atoms with Crippen LogP contribution in [0.3, 0.4) is 0 Å². The fourth-order valence-electron chi connectivity index (χ4n) is 1.74. The Morgan fingerprint density at radius 3 is 3.00 bits per heavy atom. The zero-order chi connectivity index (χ0) is 10.4. The van der Waals surface area contributed by atoms with Gasteiger partial charge in [-0.05, 0) is 6.07 Å². The van der Waals surface area contributed by atoms with E-state index < -0.39 is 0 Å². The van der Waals surface area contributed by atoms with Crippen LogP contribution in [-0.4, -0.2) is 9.97 Å². The van der Waals surface area contributed by atoms with Crippen molar-refractivity contribution < 1.29 is 4.42 Å². The Balaban J connectivity index is 2.69. The van der Waals surface area contributed by atoms with Crippen molar-refractivity contribution in [1.29, 1.82) is 0 Å². The molecule has 0 unspecified atom stereocenters. The summed E-state index contributed by atoms with van der Waals surface area (Å²) >= 11 is 0. The lowest BCUT2D eigenvalue weighted by Gasteiger charge is -1.95. The fourth-order valence-corrected chi connectivity index (χ4v) is 1.74. The molecule has 3 aromatic rings. The van der Waals surface area contributed by atoms with E-state index in [-0.39, 0.29) is 5.56 Å². The summed E-state index contributed by atoms with van der Waals surface area (Å²) in [5, 5.41) is 0.906. The molecule has 15 heavy (non-hydrogen) atoms. The van der Waals surface area contributed by atoms with E-state index in [4.69, 9.17) is 4.42 Å². The van der Waals surface area contributed by atoms with Gasteiger partial charge in [-0.2, -0.15) is 0 Å². The number of pyridine rings is 1. The van der Waals surface area contributed by atoms with Crippen molar-refractivity contribution in [2.45, 2.75) is 6.92 Å². The van der Waals surface area contributed by atoms with Crippen LogP contribution < -0.4 is 5.56 Å². The molecule has 0 aliphatic rings. The lowest BCUT2D eigenvalue weighted by molar-refractivity contribution is 0.557. The maximum absolute atomic E-state index is 11.6. The molecule has 2 heterocycles. The number of aryl methyl sites for hydroxylation is 1. The van der Waals surface area contributed by atoms with Gasteiger partial charge in [0.15, 0.2) is 5.89 Å². The second-order valence-corrected chi connectivity index (χ2v) is 3.41. The second kappa shape index (κ2) is 2.70. The SMILES string of the molecule is Cc1nc2c(o1)c(=O)[nH]c1ccccc12. The summed E-state index contributed by atoms with van der Waals surface area (Å²) < 4.78 is 5.25. The molecular formula is C11H8N2O2. The molecule has 74 valence electrons. The van der Waals surface area contributed by atoms with Gasteiger partial charge in [-0.25, -0.2) is 4.98 Å². The van der Waals surface area contributed by atoms with Gasteiger partial charge in [0.25, 0.3) is 5.56 Å². The fraction of sp³-hybridized carbons (Fsp3) is 0.0909. The highest BCUT2D eigenvalue weighted by molar-refractivity contribution is 6.00. The molecule has 0 radical (unpaired) electrons. The minimum atomic E-state index is -0.232. The van der Waals surface area contributed by atoms with Gasteiger partial charge in [0, 0.05) is 12.3 Å². The number of benzene rings is 1. The first kappa shape index (κ1) is 8.23. The molecule has 0 fully saturated rings. The Morgan fingerprint density at radius 2 is 2.13 bits per heavy atom. The van der Waals surface area contributed by atoms with Crippen LogP contribution in [0, 0.1) is 6.92 Å². The Labute approximate surface area is 84.6 Å². The van der Waals surface area contributed by atoms with Crippen LogP contribution in [0.2, 0.25) is 0 Å². The van der Waals surface area contributed by atoms with Crippen molar-refractivity contribution in [3.63, 3.8) is 0 Å². The third-order valence-corrected chi connectivity index (χ3v) is 2.37. The quantitative estimate of drug-likeness (QED) is 0.603. The number of para-hydroxylation sites is 1. The number of nitrogens with zero attached hydrogens (tertiary/aromatic N) is 1. The van der Waals surface area contributed by atoms with E-state index in [1.165, 1.54) is 0 Å². The summed E-state index contributed by atoms with van der Waals surface area (Å²) in [4.78, 5) is 18.6. The average molecular weight is 200 g/mol. The summed E-state index contributed by atoms with van der Waals surface area (Å²) in [5.74, 6) is 0.506. The molecule has 0 bridgehead atoms. The third kappa shape index (κ3) is 1.08. The van der Waals surface area contributed by atoms with Crippen LogP contribution in [0.15, 0.2) is 33.5 Å². The first-order chi connectivity index (χ1) is 7.25. The topological polar surface area (TPSA) is 58.9 Å². The predicted molar refractivity (Wildman–Crippen MR) is 56.9 cm³/mol. The number of aromatic nitrogens is 2. The van der Waals surface area contributed by atoms with Crippen molar-refractivity contribution in [2.24, 2.45) is 0 Å². The van der Waals surface area contributed by atoms with E-state index in [2.05, 4.69) is 9.97 Å². The highest BCUT2D eigenvalue weighted by Gasteiger charge is 2.10. The smallest absolute Gasteiger partial charge is 0.293 e. The molecule has 4 heteroatoms. The molecule has 0 saturated carbocycles. The Morgan fingerprint density at radius 1 is 1.33 bits per heavy atom. The molecule has 0 amide bonds. The van der Waals surface area contributed by atoms with Crippen molar-refractivity contribution in [3.8, 4) is 0 Å². The van der Waals surface area contributed by atoms with E-state index >= 15 is 0 Å². The minimum Gasteiger partial charge on any atom is -0.435 e. The number of hydrogen-bond acceptors (Lipinski definition) is 3. The average Bonchev–Trinajstić information content (AvgIpc) is 2.61. The van der Waals surface area contributed by atoms with Gasteiger partial charge in [0.1, 0.15) is 5.52 Å². The van der Waals surface area contributed by atoms with Gasteiger partial charge >= 0.3 is 0 Å². The lowest BCUT2D eigenvalue weighted by Crippen LogP contribution is -2.04. The molecule has 1 aromatic carbocycles. The van der Waals surface area contributed by atoms with E-state index in [0.29, 0.717) is 17.0 Å². The second-order valence-electron chi connectivity index (χ2n) is 3.41. The summed E-state index contributed by atoms with van der Waals surface area (Å²) in [7, 11) is 0. The number of oxazole rings is 1. The summed E-state index contributed by atoms with van der Waals surface area (Å²) in [5.41, 5.74) is 1.48. The van der Waals surface area contributed by atoms with E-state index in [1.807, 2.05) is 24.3 Å². The molecule has 1 N–H and O–H groups in total. The van der Waals surface area contributed by atoms with E-state index in [9.17, 15) is 4.79 Å². The number of fused-ring (bicyclic) bond motifs is 3. The number of nitrogens with one attached hydrogen (secondary N) is 1. The Hall–Kier alpha value is -2.10. The van der Waals surface area contributed by atoms with Gasteiger partial charge in [-0.15, -0.1) is 0 Å². The van der Waals surface area contributed by atoms with Crippen molar-refractivity contribution >= 4 is 22.0 Å². The zero-order valence-electron chi connectivity index (χ0n) is 8.07. The number of aromatic amines is 1. The van der Waals surface area contributed by atoms with Crippen molar-refractivity contribution in [3.05, 3.63) is 40.5 Å². The van der Waals surface area contributed by atoms with E-state index in [1.54, 1.807) is 6.92 Å². The first-order valence-corrected chi connectivity index (χ1v) is 4.64. The lowest BCUT2D eigenvalue weighted by atomic mass is 10.2. The first-order valence-electron chi connectivity index (χ1n) is 4.64. The molecule has 0 aliphatic carbocycles. The van der Waals surface area contributed by atoms with Crippen LogP contribution in [0.1, 0.15) is 5.89 Å². The molecular weight excluding hydrogens is 192 g/mol. The number of H-pyrrole nitrogens is 1. The molecule has 2 aromatic heterocycles. The predicted octanol–water partition coefficient (Wildman–Crippen LogP) is 1.98. The molecule has 4 nitrogen and oxygen atoms in total. The molecule has 3 rings (SSSR count). The van der Waals surface area contributed by atoms with Gasteiger partial charge < -0.3 is 9.40 Å². The Kier molecular flexibility index (Phi) is 1.48. The van der Waals surface area contributed by atoms with Crippen LogP contribution in [-0.2, 0) is 0 Å². The largest absolute Gasteiger partial charge is 0.435 e. The highest BCUT2D eigenvalue weighted by Crippen LogP contribution is 2.20. The van der Waals surface area contributed by atoms with Gasteiger partial charge in [0.05, 0.1) is 5.52 Å². The summed E-state index contributed by atoms with van der Waals surface area (Å²) in [6, 6.07) is 7.54. The molecule has 0 atom stereocenters. The van der Waals surface area contributed by atoms with Crippen LogP contribution >= 0.6 is 0 Å². The summed E-state index contributed by atoms with van der Waals surface area (Å²) in [6.07, 6.45) is 0. The van der Waals surface area contributed by atoms with Crippen LogP contribution in [0.25, 0.3) is 22.0 Å². The normalized spacial score (nSPS) is 11.3. The van der Waals surface area contributed by atoms with E-state index in [0.717, 1.165) is 10.9 Å². The Bertz CT molecular complexity index is 709. The molecule has 0 aliphatic heterocycles. The van der Waals surface area contributed by atoms with Gasteiger partial charge in [-0.1, -0.05) is 18.2 Å². The molecule has 0 saturated heterocycles. The number of rotatable bonds is 0. The van der Waals surface area contributed by atoms with Gasteiger partial charge in [-0.3, -0.25) is 4.79 Å². The van der Waals surface area contributed by atoms with Crippen molar-refractivity contribution in [1.82, 2.24) is 9.97 Å². The van der Waals surface area contributed by atoms with Gasteiger partial charge in [0.2, 0.25) is 5.58 Å². The van der Waals surface area contributed by atoms with Crippen LogP contribution in [0.5, 0.6) is 0 Å². The zero-order valence-corrected chi connectivity index (χ0v) is 8.07. The molecule has 0 spiro atoms. The standard InChI is InChI=1S/C11H8N2O2/c1-6-12-9-7-4-2-3-5-8(7)13-11(14)10(9)15-6/h2-5H,1H3,(H,13,14). The minimum absolute atomic E-state index is 0.232. The van der Waals surface area contributed by atoms with Crippen molar-refractivity contribution in [2.75, 3.05) is 0 Å². The third-order valence-electron chi connectivity index (χ3n) is 2.37. The highest BCUT2D eigenvalue weighted by atomic mass is 16.4. The maximum Gasteiger partial charge on any atom is 0.293 e. The number of hydrogen-bond donors (Lipinski definition) is 1. The van der Waals surface area contributed by atoms with Crippen LogP contribution in [0.4, 0.5) is 0 Å². The summed E-state index contributed by atoms with van der Waals surface area (Å²) in [6.45, 7) is 1.73. The maximum atomic E-state index is 11.6.